The lowest BCUT2D eigenvalue weighted by Gasteiger charge is -2.38. The molecule has 3 aromatic rings. The summed E-state index contributed by atoms with van der Waals surface area (Å²) in [5.41, 5.74) is 2.95. The van der Waals surface area contributed by atoms with Crippen LogP contribution in [0, 0.1) is 0 Å². The van der Waals surface area contributed by atoms with E-state index in [2.05, 4.69) is 51.1 Å². The van der Waals surface area contributed by atoms with Crippen LogP contribution in [0.15, 0.2) is 54.9 Å². The monoisotopic (exact) mass is 378 g/mol. The zero-order valence-electron chi connectivity index (χ0n) is 16.4. The van der Waals surface area contributed by atoms with E-state index in [0.29, 0.717) is 0 Å². The first-order valence-corrected chi connectivity index (χ1v) is 9.61. The van der Waals surface area contributed by atoms with E-state index >= 15 is 0 Å². The number of pyridine rings is 2. The molecule has 1 atom stereocenters. The van der Waals surface area contributed by atoms with Crippen LogP contribution in [0.3, 0.4) is 0 Å². The second-order valence-corrected chi connectivity index (χ2v) is 7.11. The zero-order chi connectivity index (χ0) is 19.3. The first-order chi connectivity index (χ1) is 13.8. The van der Waals surface area contributed by atoms with Gasteiger partial charge in [-0.3, -0.25) is 14.9 Å². The van der Waals surface area contributed by atoms with E-state index in [0.717, 1.165) is 54.1 Å². The van der Waals surface area contributed by atoms with E-state index in [4.69, 9.17) is 9.47 Å². The fourth-order valence-corrected chi connectivity index (χ4v) is 3.78. The molecule has 0 radical (unpaired) electrons. The van der Waals surface area contributed by atoms with Crippen LogP contribution < -0.4 is 4.74 Å². The summed E-state index contributed by atoms with van der Waals surface area (Å²) in [6.45, 7) is 4.19. The predicted octanol–water partition coefficient (Wildman–Crippen LogP) is 2.95. The molecule has 0 bridgehead atoms. The molecule has 28 heavy (non-hydrogen) atoms. The second-order valence-electron chi connectivity index (χ2n) is 7.11. The first-order valence-electron chi connectivity index (χ1n) is 9.61. The molecule has 2 aromatic heterocycles. The van der Waals surface area contributed by atoms with E-state index < -0.39 is 0 Å². The minimum Gasteiger partial charge on any atom is -0.465 e. The Labute approximate surface area is 165 Å². The maximum absolute atomic E-state index is 6.06. The largest absolute Gasteiger partial charge is 0.465 e. The van der Waals surface area contributed by atoms with Crippen molar-refractivity contribution in [2.45, 2.75) is 6.04 Å². The summed E-state index contributed by atoms with van der Waals surface area (Å²) in [5, 5.41) is 1.05. The van der Waals surface area contributed by atoms with E-state index in [1.165, 1.54) is 0 Å². The molecule has 1 saturated heterocycles. The van der Waals surface area contributed by atoms with E-state index in [9.17, 15) is 0 Å². The maximum atomic E-state index is 6.06. The molecule has 0 N–H and O–H groups in total. The van der Waals surface area contributed by atoms with Crippen LogP contribution in [-0.4, -0.2) is 66.9 Å². The Bertz CT molecular complexity index is 911. The van der Waals surface area contributed by atoms with Crippen LogP contribution in [0.2, 0.25) is 0 Å². The third-order valence-corrected chi connectivity index (χ3v) is 5.25. The summed E-state index contributed by atoms with van der Waals surface area (Å²) in [4.78, 5) is 14.1. The Kier molecular flexibility index (Phi) is 5.81. The van der Waals surface area contributed by atoms with Crippen molar-refractivity contribution >= 4 is 10.9 Å². The lowest BCUT2D eigenvalue weighted by atomic mass is 9.97. The third-order valence-electron chi connectivity index (χ3n) is 5.25. The van der Waals surface area contributed by atoms with Gasteiger partial charge >= 0.3 is 0 Å². The molecule has 4 rings (SSSR count). The number of nitrogens with zero attached hydrogens (tertiary/aromatic N) is 4. The van der Waals surface area contributed by atoms with Crippen molar-refractivity contribution in [3.63, 3.8) is 0 Å². The summed E-state index contributed by atoms with van der Waals surface area (Å²) >= 11 is 0. The number of fused-ring (bicyclic) bond motifs is 1. The van der Waals surface area contributed by atoms with Crippen molar-refractivity contribution < 1.29 is 9.47 Å². The normalized spacial score (nSPS) is 16.9. The van der Waals surface area contributed by atoms with Gasteiger partial charge in [0.05, 0.1) is 11.7 Å². The van der Waals surface area contributed by atoms with Gasteiger partial charge in [0.1, 0.15) is 5.52 Å². The highest BCUT2D eigenvalue weighted by Crippen LogP contribution is 2.38. The van der Waals surface area contributed by atoms with Crippen molar-refractivity contribution in [1.82, 2.24) is 19.8 Å². The third kappa shape index (κ3) is 3.85. The average Bonchev–Trinajstić information content (AvgIpc) is 2.75. The molecular weight excluding hydrogens is 352 g/mol. The van der Waals surface area contributed by atoms with Gasteiger partial charge < -0.3 is 14.4 Å². The molecule has 0 aliphatic carbocycles. The van der Waals surface area contributed by atoms with Crippen molar-refractivity contribution in [3.05, 3.63) is 66.1 Å². The van der Waals surface area contributed by atoms with Gasteiger partial charge in [0.15, 0.2) is 12.5 Å². The molecule has 3 heterocycles. The number of benzene rings is 1. The summed E-state index contributed by atoms with van der Waals surface area (Å²) in [7, 11) is 3.80. The van der Waals surface area contributed by atoms with Crippen LogP contribution in [-0.2, 0) is 4.74 Å². The lowest BCUT2D eigenvalue weighted by molar-refractivity contribution is 0.0495. The Balaban J connectivity index is 1.84. The van der Waals surface area contributed by atoms with Crippen molar-refractivity contribution in [2.75, 3.05) is 47.1 Å². The standard InChI is InChI=1S/C22H26N4O2/c1-25-12-14-26(15-13-25)21(19-7-3-4-10-23-19)18-9-8-17-6-5-11-24-20(17)22(18)28-16-27-2/h3-11,21H,12-16H2,1-2H3. The highest BCUT2D eigenvalue weighted by Gasteiger charge is 2.29. The van der Waals surface area contributed by atoms with Crippen molar-refractivity contribution in [3.8, 4) is 5.75 Å². The van der Waals surface area contributed by atoms with Gasteiger partial charge in [-0.15, -0.1) is 0 Å². The highest BCUT2D eigenvalue weighted by atomic mass is 16.7. The maximum Gasteiger partial charge on any atom is 0.188 e. The Morgan fingerprint density at radius 2 is 1.79 bits per heavy atom. The Morgan fingerprint density at radius 1 is 0.964 bits per heavy atom. The number of aromatic nitrogens is 2. The van der Waals surface area contributed by atoms with Gasteiger partial charge in [-0.1, -0.05) is 24.3 Å². The van der Waals surface area contributed by atoms with E-state index in [1.807, 2.05) is 24.4 Å². The molecule has 1 unspecified atom stereocenters. The molecule has 6 nitrogen and oxygen atoms in total. The molecule has 1 fully saturated rings. The van der Waals surface area contributed by atoms with Gasteiger partial charge in [0.2, 0.25) is 0 Å². The number of hydrogen-bond acceptors (Lipinski definition) is 6. The van der Waals surface area contributed by atoms with Crippen LogP contribution in [0.4, 0.5) is 0 Å². The number of ether oxygens (including phenoxy) is 2. The number of piperazine rings is 1. The number of rotatable bonds is 6. The molecule has 0 saturated carbocycles. The van der Waals surface area contributed by atoms with Crippen LogP contribution >= 0.6 is 0 Å². The summed E-state index contributed by atoms with van der Waals surface area (Å²) in [6.07, 6.45) is 3.66. The van der Waals surface area contributed by atoms with Crippen molar-refractivity contribution in [1.29, 1.82) is 0 Å². The molecule has 146 valence electrons. The molecular formula is C22H26N4O2. The summed E-state index contributed by atoms with van der Waals surface area (Å²) in [6, 6.07) is 14.3. The Morgan fingerprint density at radius 3 is 2.54 bits per heavy atom. The van der Waals surface area contributed by atoms with Crippen LogP contribution in [0.1, 0.15) is 17.3 Å². The molecule has 0 amide bonds. The van der Waals surface area contributed by atoms with Crippen molar-refractivity contribution in [2.24, 2.45) is 0 Å². The average molecular weight is 378 g/mol. The minimum absolute atomic E-state index is 0.00756. The molecule has 1 aliphatic heterocycles. The first kappa shape index (κ1) is 18.8. The van der Waals surface area contributed by atoms with Gasteiger partial charge in [0.25, 0.3) is 0 Å². The van der Waals surface area contributed by atoms with Crippen LogP contribution in [0.5, 0.6) is 5.75 Å². The topological polar surface area (TPSA) is 50.7 Å². The molecule has 6 heteroatoms. The van der Waals surface area contributed by atoms with Crippen LogP contribution in [0.25, 0.3) is 10.9 Å². The molecule has 1 aromatic carbocycles. The van der Waals surface area contributed by atoms with Gasteiger partial charge in [-0.2, -0.15) is 0 Å². The molecule has 0 spiro atoms. The fraction of sp³-hybridized carbons (Fsp3) is 0.364. The fourth-order valence-electron chi connectivity index (χ4n) is 3.78. The predicted molar refractivity (Wildman–Crippen MR) is 109 cm³/mol. The van der Waals surface area contributed by atoms with Gasteiger partial charge in [0, 0.05) is 56.6 Å². The smallest absolute Gasteiger partial charge is 0.188 e. The number of hydrogen-bond donors (Lipinski definition) is 0. The minimum atomic E-state index is 0.00756. The van der Waals surface area contributed by atoms with E-state index in [-0.39, 0.29) is 12.8 Å². The SMILES string of the molecule is COCOc1c(C(c2ccccn2)N2CCN(C)CC2)ccc2cccnc12. The number of likely N-dealkylation sites (N-methyl/N-ethyl adjacent to an activating group) is 1. The summed E-state index contributed by atoms with van der Waals surface area (Å²) < 4.78 is 11.3. The lowest BCUT2D eigenvalue weighted by Crippen LogP contribution is -2.46. The number of methoxy groups -OCH3 is 1. The highest BCUT2D eigenvalue weighted by molar-refractivity contribution is 5.86. The molecule has 1 aliphatic rings. The Hall–Kier alpha value is -2.54. The quantitative estimate of drug-likeness (QED) is 0.615. The van der Waals surface area contributed by atoms with E-state index in [1.54, 1.807) is 13.3 Å². The second kappa shape index (κ2) is 8.65. The summed E-state index contributed by atoms with van der Waals surface area (Å²) in [5.74, 6) is 0.773. The zero-order valence-corrected chi connectivity index (χ0v) is 16.4. The van der Waals surface area contributed by atoms with Gasteiger partial charge in [-0.25, -0.2) is 0 Å². The van der Waals surface area contributed by atoms with Gasteiger partial charge in [-0.05, 0) is 25.2 Å².